The van der Waals surface area contributed by atoms with E-state index in [4.69, 9.17) is 16.1 Å². The summed E-state index contributed by atoms with van der Waals surface area (Å²) in [5.41, 5.74) is 1.51. The maximum absolute atomic E-state index is 13.7. The lowest BCUT2D eigenvalue weighted by atomic mass is 10.1. The Morgan fingerprint density at radius 1 is 1.19 bits per heavy atom. The monoisotopic (exact) mass is 518 g/mol. The van der Waals surface area contributed by atoms with Crippen molar-refractivity contribution in [1.29, 1.82) is 0 Å². The summed E-state index contributed by atoms with van der Waals surface area (Å²) in [6, 6.07) is 8.21. The molecule has 1 atom stereocenters. The zero-order valence-corrected chi connectivity index (χ0v) is 19.5. The number of alkyl halides is 3. The van der Waals surface area contributed by atoms with Crippen molar-refractivity contribution in [1.82, 2.24) is 30.0 Å². The third-order valence-corrected chi connectivity index (χ3v) is 6.14. The number of aromatic nitrogens is 5. The van der Waals surface area contributed by atoms with Crippen LogP contribution in [0.25, 0.3) is 17.1 Å². The number of hydrogen-bond acceptors (Lipinski definition) is 7. The Morgan fingerprint density at radius 2 is 1.94 bits per heavy atom. The molecule has 9 nitrogen and oxygen atoms in total. The number of likely N-dealkylation sites (tertiary alicyclic amines) is 1. The molecule has 0 aliphatic carbocycles. The number of nitrogens with zero attached hydrogens (tertiary/aromatic N) is 6. The number of carbonyl (C=O) groups is 1. The van der Waals surface area contributed by atoms with Gasteiger partial charge in [-0.3, -0.25) is 4.79 Å². The lowest BCUT2D eigenvalue weighted by Gasteiger charge is -2.23. The molecule has 0 spiro atoms. The molecule has 0 unspecified atom stereocenters. The molecule has 1 amide bonds. The smallest absolute Gasteiger partial charge is 0.405 e. The fourth-order valence-corrected chi connectivity index (χ4v) is 4.27. The normalized spacial score (nSPS) is 15.9. The maximum atomic E-state index is 13.7. The van der Waals surface area contributed by atoms with Gasteiger partial charge in [-0.05, 0) is 49.6 Å². The number of amides is 1. The standard InChI is InChI=1S/C23H18ClF3N6O3/c1-13-11-18(33-28-8-9-29-33)15(12-16(13)24)22(34)32-10-4-6-17(32)21-30-20(31-36-21)14-5-2-3-7-19(14)35-23(25,26)27/h2-3,5,7-9,11-12,17H,4,6,10H2,1H3/t17-/m0/s1. The van der Waals surface area contributed by atoms with Crippen LogP contribution in [0.1, 0.15) is 40.7 Å². The number of benzene rings is 2. The van der Waals surface area contributed by atoms with E-state index in [9.17, 15) is 18.0 Å². The molecular formula is C23H18ClF3N6O3. The second-order valence-corrected chi connectivity index (χ2v) is 8.50. The minimum absolute atomic E-state index is 0.0121. The Bertz CT molecular complexity index is 1410. The van der Waals surface area contributed by atoms with E-state index >= 15 is 0 Å². The summed E-state index contributed by atoms with van der Waals surface area (Å²) >= 11 is 6.33. The largest absolute Gasteiger partial charge is 0.573 e. The molecule has 1 fully saturated rings. The summed E-state index contributed by atoms with van der Waals surface area (Å²) in [4.78, 5) is 20.9. The minimum Gasteiger partial charge on any atom is -0.405 e. The highest BCUT2D eigenvalue weighted by Crippen LogP contribution is 2.37. The van der Waals surface area contributed by atoms with Crippen molar-refractivity contribution in [3.05, 3.63) is 70.8 Å². The number of aryl methyl sites for hydroxylation is 1. The molecule has 3 heterocycles. The summed E-state index contributed by atoms with van der Waals surface area (Å²) in [5.74, 6) is -0.770. The van der Waals surface area contributed by atoms with Crippen LogP contribution in [0.15, 0.2) is 53.3 Å². The third kappa shape index (κ3) is 4.63. The Balaban J connectivity index is 1.47. The second-order valence-electron chi connectivity index (χ2n) is 8.09. The van der Waals surface area contributed by atoms with E-state index in [1.54, 1.807) is 17.0 Å². The molecule has 1 aliphatic heterocycles. The molecule has 186 valence electrons. The van der Waals surface area contributed by atoms with E-state index < -0.39 is 18.2 Å². The van der Waals surface area contributed by atoms with Gasteiger partial charge in [-0.25, -0.2) is 0 Å². The van der Waals surface area contributed by atoms with Gasteiger partial charge < -0.3 is 14.2 Å². The summed E-state index contributed by atoms with van der Waals surface area (Å²) in [5, 5.41) is 12.5. The fourth-order valence-electron chi connectivity index (χ4n) is 4.11. The number of ether oxygens (including phenoxy) is 1. The molecule has 2 aromatic heterocycles. The average molecular weight is 519 g/mol. The second kappa shape index (κ2) is 9.26. The van der Waals surface area contributed by atoms with E-state index in [-0.39, 0.29) is 28.7 Å². The zero-order valence-electron chi connectivity index (χ0n) is 18.7. The molecule has 4 aromatic rings. The third-order valence-electron chi connectivity index (χ3n) is 5.74. The molecule has 0 radical (unpaired) electrons. The van der Waals surface area contributed by atoms with Gasteiger partial charge in [0.05, 0.1) is 29.2 Å². The van der Waals surface area contributed by atoms with Gasteiger partial charge in [0, 0.05) is 11.6 Å². The summed E-state index contributed by atoms with van der Waals surface area (Å²) in [6.07, 6.45) is -0.692. The van der Waals surface area contributed by atoms with E-state index in [1.807, 2.05) is 6.92 Å². The molecule has 13 heteroatoms. The lowest BCUT2D eigenvalue weighted by Crippen LogP contribution is -2.31. The molecule has 0 N–H and O–H groups in total. The highest BCUT2D eigenvalue weighted by Gasteiger charge is 2.37. The van der Waals surface area contributed by atoms with Gasteiger partial charge in [0.15, 0.2) is 0 Å². The zero-order chi connectivity index (χ0) is 25.4. The Kier molecular flexibility index (Phi) is 6.12. The van der Waals surface area contributed by atoms with Gasteiger partial charge in [0.25, 0.3) is 5.91 Å². The molecule has 36 heavy (non-hydrogen) atoms. The van der Waals surface area contributed by atoms with E-state index in [2.05, 4.69) is 25.1 Å². The Morgan fingerprint density at radius 3 is 2.69 bits per heavy atom. The van der Waals surface area contributed by atoms with Crippen LogP contribution < -0.4 is 4.74 Å². The van der Waals surface area contributed by atoms with Crippen LogP contribution in [-0.2, 0) is 0 Å². The number of halogens is 4. The predicted molar refractivity (Wildman–Crippen MR) is 121 cm³/mol. The predicted octanol–water partition coefficient (Wildman–Crippen LogP) is 5.16. The molecule has 0 saturated carbocycles. The van der Waals surface area contributed by atoms with E-state index in [0.29, 0.717) is 30.1 Å². The van der Waals surface area contributed by atoms with Gasteiger partial charge in [-0.1, -0.05) is 28.9 Å². The highest BCUT2D eigenvalue weighted by molar-refractivity contribution is 6.31. The average Bonchev–Trinajstić information content (AvgIpc) is 3.60. The van der Waals surface area contributed by atoms with Crippen LogP contribution in [0.2, 0.25) is 5.02 Å². The Hall–Kier alpha value is -3.93. The van der Waals surface area contributed by atoms with Gasteiger partial charge in [0.2, 0.25) is 11.7 Å². The van der Waals surface area contributed by atoms with Crippen molar-refractivity contribution in [2.45, 2.75) is 32.2 Å². The quantitative estimate of drug-likeness (QED) is 0.360. The minimum atomic E-state index is -4.88. The molecule has 1 aliphatic rings. The van der Waals surface area contributed by atoms with Gasteiger partial charge in [-0.2, -0.15) is 20.0 Å². The molecular weight excluding hydrogens is 501 g/mol. The topological polar surface area (TPSA) is 99.2 Å². The fraction of sp³-hybridized carbons (Fsp3) is 0.261. The van der Waals surface area contributed by atoms with E-state index in [1.165, 1.54) is 35.4 Å². The van der Waals surface area contributed by atoms with Gasteiger partial charge in [-0.15, -0.1) is 13.2 Å². The first-order chi connectivity index (χ1) is 17.2. The summed E-state index contributed by atoms with van der Waals surface area (Å²) < 4.78 is 48.0. The van der Waals surface area contributed by atoms with Crippen molar-refractivity contribution in [3.63, 3.8) is 0 Å². The van der Waals surface area contributed by atoms with Gasteiger partial charge in [0.1, 0.15) is 11.8 Å². The summed E-state index contributed by atoms with van der Waals surface area (Å²) in [7, 11) is 0. The van der Waals surface area contributed by atoms with Crippen LogP contribution in [0.5, 0.6) is 5.75 Å². The first kappa shape index (κ1) is 23.8. The van der Waals surface area contributed by atoms with Crippen LogP contribution in [0, 0.1) is 6.92 Å². The van der Waals surface area contributed by atoms with Crippen LogP contribution in [-0.4, -0.2) is 48.8 Å². The lowest BCUT2D eigenvalue weighted by molar-refractivity contribution is -0.274. The number of hydrogen-bond donors (Lipinski definition) is 0. The van der Waals surface area contributed by atoms with E-state index in [0.717, 1.165) is 11.6 Å². The van der Waals surface area contributed by atoms with Crippen molar-refractivity contribution in [2.75, 3.05) is 6.54 Å². The van der Waals surface area contributed by atoms with Crippen molar-refractivity contribution >= 4 is 17.5 Å². The molecule has 1 saturated heterocycles. The van der Waals surface area contributed by atoms with Crippen LogP contribution >= 0.6 is 11.6 Å². The summed E-state index contributed by atoms with van der Waals surface area (Å²) in [6.45, 7) is 2.22. The highest BCUT2D eigenvalue weighted by atomic mass is 35.5. The first-order valence-electron chi connectivity index (χ1n) is 10.9. The molecule has 0 bridgehead atoms. The van der Waals surface area contributed by atoms with Crippen molar-refractivity contribution < 1.29 is 27.2 Å². The first-order valence-corrected chi connectivity index (χ1v) is 11.3. The Labute approximate surface area is 207 Å². The van der Waals surface area contributed by atoms with Crippen molar-refractivity contribution in [2.24, 2.45) is 0 Å². The maximum Gasteiger partial charge on any atom is 0.573 e. The van der Waals surface area contributed by atoms with Crippen molar-refractivity contribution in [3.8, 4) is 22.8 Å². The van der Waals surface area contributed by atoms with Crippen LogP contribution in [0.4, 0.5) is 13.2 Å². The number of carbonyl (C=O) groups excluding carboxylic acids is 1. The SMILES string of the molecule is Cc1cc(-n2nccn2)c(C(=O)N2CCC[C@H]2c2nc(-c3ccccc3OC(F)(F)F)no2)cc1Cl. The number of para-hydroxylation sites is 1. The van der Waals surface area contributed by atoms with Gasteiger partial charge >= 0.3 is 6.36 Å². The molecule has 5 rings (SSSR count). The molecule has 2 aromatic carbocycles. The number of rotatable bonds is 5. The van der Waals surface area contributed by atoms with Crippen LogP contribution in [0.3, 0.4) is 0 Å².